The largest absolute Gasteiger partial charge is 0.383 e. The molecule has 1 aliphatic rings. The number of aromatic nitrogens is 2. The number of thioether (sulfide) groups is 1. The fraction of sp³-hybridized carbons (Fsp3) is 0.636. The summed E-state index contributed by atoms with van der Waals surface area (Å²) >= 11 is 1.55. The molecule has 1 aromatic heterocycles. The van der Waals surface area contributed by atoms with Crippen molar-refractivity contribution in [3.63, 3.8) is 0 Å². The van der Waals surface area contributed by atoms with Gasteiger partial charge >= 0.3 is 0 Å². The summed E-state index contributed by atoms with van der Waals surface area (Å²) in [5.41, 5.74) is 8.28. The first kappa shape index (κ1) is 10.7. The first-order valence-electron chi connectivity index (χ1n) is 5.40. The van der Waals surface area contributed by atoms with Crippen molar-refractivity contribution in [1.82, 2.24) is 9.97 Å². The number of aryl methyl sites for hydroxylation is 1. The zero-order chi connectivity index (χ0) is 10.8. The minimum absolute atomic E-state index is 0.598. The molecule has 0 atom stereocenters. The number of hydrogen-bond donors (Lipinski definition) is 1. The van der Waals surface area contributed by atoms with Crippen molar-refractivity contribution in [2.75, 3.05) is 12.0 Å². The molecule has 82 valence electrons. The first-order valence-corrected chi connectivity index (χ1v) is 6.63. The summed E-state index contributed by atoms with van der Waals surface area (Å²) in [7, 11) is 0. The molecule has 1 heterocycles. The van der Waals surface area contributed by atoms with Crippen LogP contribution in [0.4, 0.5) is 5.82 Å². The Hall–Kier alpha value is -0.770. The Balaban J connectivity index is 2.37. The predicted molar refractivity (Wildman–Crippen MR) is 64.2 cm³/mol. The van der Waals surface area contributed by atoms with Crippen LogP contribution in [-0.4, -0.2) is 16.2 Å². The van der Waals surface area contributed by atoms with Gasteiger partial charge in [-0.05, 0) is 31.9 Å². The zero-order valence-electron chi connectivity index (χ0n) is 9.29. The van der Waals surface area contributed by atoms with E-state index < -0.39 is 0 Å². The number of nitrogens with zero attached hydrogens (tertiary/aromatic N) is 2. The lowest BCUT2D eigenvalue weighted by Gasteiger charge is -2.14. The Morgan fingerprint density at radius 1 is 1.27 bits per heavy atom. The third-order valence-electron chi connectivity index (χ3n) is 3.09. The van der Waals surface area contributed by atoms with Crippen molar-refractivity contribution in [2.24, 2.45) is 0 Å². The molecule has 2 N–H and O–H groups in total. The SMILES string of the molecule is CSc1nc(C)c(C2CCCC2)c(N)n1. The Morgan fingerprint density at radius 3 is 2.47 bits per heavy atom. The minimum atomic E-state index is 0.598. The van der Waals surface area contributed by atoms with Gasteiger partial charge in [0.15, 0.2) is 5.16 Å². The van der Waals surface area contributed by atoms with E-state index in [0.717, 1.165) is 10.9 Å². The molecule has 2 rings (SSSR count). The van der Waals surface area contributed by atoms with Gasteiger partial charge in [0, 0.05) is 11.3 Å². The van der Waals surface area contributed by atoms with Crippen molar-refractivity contribution in [1.29, 1.82) is 0 Å². The van der Waals surface area contributed by atoms with Crippen molar-refractivity contribution in [3.05, 3.63) is 11.3 Å². The van der Waals surface area contributed by atoms with E-state index in [9.17, 15) is 0 Å². The maximum Gasteiger partial charge on any atom is 0.189 e. The van der Waals surface area contributed by atoms with Crippen LogP contribution in [0, 0.1) is 6.92 Å². The molecular formula is C11H17N3S. The molecule has 0 aliphatic heterocycles. The lowest BCUT2D eigenvalue weighted by molar-refractivity contribution is 0.701. The van der Waals surface area contributed by atoms with Gasteiger partial charge in [-0.15, -0.1) is 0 Å². The molecule has 1 aliphatic carbocycles. The van der Waals surface area contributed by atoms with Gasteiger partial charge < -0.3 is 5.73 Å². The normalized spacial score (nSPS) is 17.2. The number of nitrogen functional groups attached to an aromatic ring is 1. The fourth-order valence-electron chi connectivity index (χ4n) is 2.39. The maximum absolute atomic E-state index is 6.01. The number of rotatable bonds is 2. The number of nitrogens with two attached hydrogens (primary N) is 1. The van der Waals surface area contributed by atoms with Gasteiger partial charge in [0.2, 0.25) is 0 Å². The quantitative estimate of drug-likeness (QED) is 0.618. The highest BCUT2D eigenvalue weighted by molar-refractivity contribution is 7.98. The molecule has 0 radical (unpaired) electrons. The second kappa shape index (κ2) is 4.39. The summed E-state index contributed by atoms with van der Waals surface area (Å²) < 4.78 is 0. The summed E-state index contributed by atoms with van der Waals surface area (Å²) in [6, 6.07) is 0. The summed E-state index contributed by atoms with van der Waals surface area (Å²) in [5, 5.41) is 0.784. The lowest BCUT2D eigenvalue weighted by Crippen LogP contribution is -2.07. The molecule has 1 aromatic rings. The highest BCUT2D eigenvalue weighted by atomic mass is 32.2. The van der Waals surface area contributed by atoms with Gasteiger partial charge in [-0.3, -0.25) is 0 Å². The van der Waals surface area contributed by atoms with Crippen LogP contribution in [0.25, 0.3) is 0 Å². The molecule has 0 spiro atoms. The van der Waals surface area contributed by atoms with Gasteiger partial charge in [0.05, 0.1) is 0 Å². The van der Waals surface area contributed by atoms with Gasteiger partial charge in [0.25, 0.3) is 0 Å². The van der Waals surface area contributed by atoms with E-state index in [2.05, 4.69) is 9.97 Å². The van der Waals surface area contributed by atoms with E-state index >= 15 is 0 Å². The van der Waals surface area contributed by atoms with Crippen LogP contribution in [0.3, 0.4) is 0 Å². The summed E-state index contributed by atoms with van der Waals surface area (Å²) in [5.74, 6) is 1.29. The summed E-state index contributed by atoms with van der Waals surface area (Å²) in [4.78, 5) is 8.80. The van der Waals surface area contributed by atoms with Crippen LogP contribution in [-0.2, 0) is 0 Å². The number of anilines is 1. The van der Waals surface area contributed by atoms with Crippen LogP contribution < -0.4 is 5.73 Å². The van der Waals surface area contributed by atoms with Crippen LogP contribution in [0.1, 0.15) is 42.9 Å². The van der Waals surface area contributed by atoms with Crippen LogP contribution in [0.5, 0.6) is 0 Å². The van der Waals surface area contributed by atoms with Crippen LogP contribution in [0.15, 0.2) is 5.16 Å². The molecule has 0 aromatic carbocycles. The van der Waals surface area contributed by atoms with Gasteiger partial charge in [-0.25, -0.2) is 9.97 Å². The molecule has 0 amide bonds. The topological polar surface area (TPSA) is 51.8 Å². The fourth-order valence-corrected chi connectivity index (χ4v) is 2.81. The number of hydrogen-bond acceptors (Lipinski definition) is 4. The van der Waals surface area contributed by atoms with E-state index in [1.807, 2.05) is 13.2 Å². The summed E-state index contributed by atoms with van der Waals surface area (Å²) in [6.07, 6.45) is 7.09. The average molecular weight is 223 g/mol. The lowest BCUT2D eigenvalue weighted by atomic mass is 9.97. The zero-order valence-corrected chi connectivity index (χ0v) is 10.1. The molecule has 0 bridgehead atoms. The Kier molecular flexibility index (Phi) is 3.14. The Labute approximate surface area is 94.9 Å². The Morgan fingerprint density at radius 2 is 1.93 bits per heavy atom. The molecule has 1 fully saturated rings. The molecule has 1 saturated carbocycles. The standard InChI is InChI=1S/C11H17N3S/c1-7-9(8-5-3-4-6-8)10(12)14-11(13-7)15-2/h8H,3-6H2,1-2H3,(H2,12,13,14). The van der Waals surface area contributed by atoms with E-state index in [1.165, 1.54) is 31.2 Å². The van der Waals surface area contributed by atoms with Crippen LogP contribution in [0.2, 0.25) is 0 Å². The van der Waals surface area contributed by atoms with Crippen molar-refractivity contribution in [3.8, 4) is 0 Å². The monoisotopic (exact) mass is 223 g/mol. The maximum atomic E-state index is 6.01. The molecule has 0 unspecified atom stereocenters. The third kappa shape index (κ3) is 2.09. The molecular weight excluding hydrogens is 206 g/mol. The molecule has 0 saturated heterocycles. The van der Waals surface area contributed by atoms with Crippen molar-refractivity contribution in [2.45, 2.75) is 43.7 Å². The average Bonchev–Trinajstić information content (AvgIpc) is 2.69. The second-order valence-corrected chi connectivity index (χ2v) is 4.85. The molecule has 4 heteroatoms. The minimum Gasteiger partial charge on any atom is -0.383 e. The Bertz CT molecular complexity index is 336. The van der Waals surface area contributed by atoms with Gasteiger partial charge in [-0.2, -0.15) is 0 Å². The van der Waals surface area contributed by atoms with Crippen molar-refractivity contribution < 1.29 is 0 Å². The van der Waals surface area contributed by atoms with E-state index in [-0.39, 0.29) is 0 Å². The molecule has 3 nitrogen and oxygen atoms in total. The highest BCUT2D eigenvalue weighted by Gasteiger charge is 2.22. The smallest absolute Gasteiger partial charge is 0.189 e. The van der Waals surface area contributed by atoms with Gasteiger partial charge in [0.1, 0.15) is 5.82 Å². The highest BCUT2D eigenvalue weighted by Crippen LogP contribution is 2.37. The van der Waals surface area contributed by atoms with Gasteiger partial charge in [-0.1, -0.05) is 24.6 Å². The van der Waals surface area contributed by atoms with E-state index in [1.54, 1.807) is 11.8 Å². The third-order valence-corrected chi connectivity index (χ3v) is 3.64. The van der Waals surface area contributed by atoms with Crippen molar-refractivity contribution >= 4 is 17.6 Å². The van der Waals surface area contributed by atoms with Crippen LogP contribution >= 0.6 is 11.8 Å². The predicted octanol–water partition coefficient (Wildman–Crippen LogP) is 2.75. The summed E-state index contributed by atoms with van der Waals surface area (Å²) in [6.45, 7) is 2.05. The second-order valence-electron chi connectivity index (χ2n) is 4.08. The van der Waals surface area contributed by atoms with E-state index in [4.69, 9.17) is 5.73 Å². The van der Waals surface area contributed by atoms with E-state index in [0.29, 0.717) is 11.7 Å². The first-order chi connectivity index (χ1) is 7.22. The molecule has 15 heavy (non-hydrogen) atoms.